The summed E-state index contributed by atoms with van der Waals surface area (Å²) < 4.78 is 26.7. The maximum absolute atomic E-state index is 12.6. The van der Waals surface area contributed by atoms with E-state index in [0.717, 1.165) is 18.7 Å². The first kappa shape index (κ1) is 16.4. The Labute approximate surface area is 127 Å². The van der Waals surface area contributed by atoms with Crippen LogP contribution in [0.1, 0.15) is 32.4 Å². The Hall–Kier alpha value is -0.950. The molecule has 1 aromatic carbocycles. The number of aliphatic hydroxyl groups is 1. The predicted octanol–water partition coefficient (Wildman–Crippen LogP) is 1.45. The van der Waals surface area contributed by atoms with Gasteiger partial charge in [0.25, 0.3) is 0 Å². The van der Waals surface area contributed by atoms with Crippen molar-refractivity contribution in [1.82, 2.24) is 9.21 Å². The Bertz CT molecular complexity index is 559. The molecule has 1 heterocycles. The molecular formula is C15H24N2O3S. The second-order valence-corrected chi connectivity index (χ2v) is 7.72. The third kappa shape index (κ3) is 3.63. The SMILES string of the molecule is CC(O)c1ccc(S(=O)(=O)N2CCN(C(C)C)CC2)cc1. The smallest absolute Gasteiger partial charge is 0.243 e. The van der Waals surface area contributed by atoms with Crippen LogP contribution in [0, 0.1) is 0 Å². The first-order chi connectivity index (χ1) is 9.82. The van der Waals surface area contributed by atoms with Gasteiger partial charge in [-0.3, -0.25) is 4.90 Å². The quantitative estimate of drug-likeness (QED) is 0.914. The van der Waals surface area contributed by atoms with Crippen molar-refractivity contribution in [2.45, 2.75) is 37.8 Å². The van der Waals surface area contributed by atoms with Gasteiger partial charge in [-0.05, 0) is 38.5 Å². The third-order valence-electron chi connectivity index (χ3n) is 4.00. The highest BCUT2D eigenvalue weighted by Gasteiger charge is 2.29. The van der Waals surface area contributed by atoms with E-state index in [0.29, 0.717) is 24.0 Å². The van der Waals surface area contributed by atoms with E-state index >= 15 is 0 Å². The molecule has 0 bridgehead atoms. The van der Waals surface area contributed by atoms with Crippen LogP contribution in [0.25, 0.3) is 0 Å². The normalized spacial score (nSPS) is 19.9. The molecule has 0 saturated carbocycles. The van der Waals surface area contributed by atoms with Gasteiger partial charge in [-0.1, -0.05) is 12.1 Å². The molecule has 1 fully saturated rings. The maximum atomic E-state index is 12.6. The van der Waals surface area contributed by atoms with Gasteiger partial charge in [-0.25, -0.2) is 8.42 Å². The molecule has 0 spiro atoms. The van der Waals surface area contributed by atoms with Crippen molar-refractivity contribution in [3.8, 4) is 0 Å². The van der Waals surface area contributed by atoms with Crippen LogP contribution in [-0.4, -0.2) is 55.0 Å². The Kier molecular flexibility index (Phi) is 5.03. The highest BCUT2D eigenvalue weighted by atomic mass is 32.2. The fourth-order valence-electron chi connectivity index (χ4n) is 2.53. The van der Waals surface area contributed by atoms with Crippen molar-refractivity contribution in [2.75, 3.05) is 26.2 Å². The molecule has 21 heavy (non-hydrogen) atoms. The molecule has 1 aromatic rings. The third-order valence-corrected chi connectivity index (χ3v) is 5.92. The van der Waals surface area contributed by atoms with Gasteiger partial charge in [-0.15, -0.1) is 0 Å². The molecule has 0 aliphatic carbocycles. The monoisotopic (exact) mass is 312 g/mol. The Morgan fingerprint density at radius 3 is 1.95 bits per heavy atom. The number of nitrogens with zero attached hydrogens (tertiary/aromatic N) is 2. The molecule has 1 aliphatic heterocycles. The summed E-state index contributed by atoms with van der Waals surface area (Å²) in [5.41, 5.74) is 0.721. The molecule has 1 atom stereocenters. The lowest BCUT2D eigenvalue weighted by Crippen LogP contribution is -2.50. The van der Waals surface area contributed by atoms with E-state index in [4.69, 9.17) is 0 Å². The lowest BCUT2D eigenvalue weighted by molar-refractivity contribution is 0.154. The molecular weight excluding hydrogens is 288 g/mol. The first-order valence-corrected chi connectivity index (χ1v) is 8.78. The standard InChI is InChI=1S/C15H24N2O3S/c1-12(2)16-8-10-17(11-9-16)21(19,20)15-6-4-14(5-7-15)13(3)18/h4-7,12-13,18H,8-11H2,1-3H3. The number of sulfonamides is 1. The van der Waals surface area contributed by atoms with Gasteiger partial charge < -0.3 is 5.11 Å². The Balaban J connectivity index is 2.12. The summed E-state index contributed by atoms with van der Waals surface area (Å²) in [5, 5.41) is 9.48. The van der Waals surface area contributed by atoms with Gasteiger partial charge in [0.2, 0.25) is 10.0 Å². The van der Waals surface area contributed by atoms with E-state index in [-0.39, 0.29) is 0 Å². The summed E-state index contributed by atoms with van der Waals surface area (Å²) in [6.07, 6.45) is -0.587. The largest absolute Gasteiger partial charge is 0.389 e. The average Bonchev–Trinajstić information content (AvgIpc) is 2.47. The molecule has 118 valence electrons. The number of hydrogen-bond donors (Lipinski definition) is 1. The average molecular weight is 312 g/mol. The minimum atomic E-state index is -3.43. The van der Waals surface area contributed by atoms with Crippen LogP contribution < -0.4 is 0 Å². The van der Waals surface area contributed by atoms with E-state index in [1.54, 1.807) is 35.5 Å². The van der Waals surface area contributed by atoms with E-state index in [9.17, 15) is 13.5 Å². The zero-order chi connectivity index (χ0) is 15.6. The number of hydrogen-bond acceptors (Lipinski definition) is 4. The molecule has 6 heteroatoms. The zero-order valence-corrected chi connectivity index (χ0v) is 13.7. The summed E-state index contributed by atoms with van der Waals surface area (Å²) in [6.45, 7) is 8.50. The van der Waals surface area contributed by atoms with Crippen LogP contribution >= 0.6 is 0 Å². The van der Waals surface area contributed by atoms with Gasteiger partial charge in [0, 0.05) is 32.2 Å². The van der Waals surface area contributed by atoms with Gasteiger partial charge >= 0.3 is 0 Å². The second-order valence-electron chi connectivity index (χ2n) is 5.78. The lowest BCUT2D eigenvalue weighted by Gasteiger charge is -2.36. The second kappa shape index (κ2) is 6.44. The molecule has 1 N–H and O–H groups in total. The zero-order valence-electron chi connectivity index (χ0n) is 12.9. The molecule has 1 aliphatic rings. The molecule has 0 amide bonds. The van der Waals surface area contributed by atoms with Crippen molar-refractivity contribution in [3.05, 3.63) is 29.8 Å². The van der Waals surface area contributed by atoms with E-state index in [1.807, 2.05) is 0 Å². The number of piperazine rings is 1. The van der Waals surface area contributed by atoms with Crippen LogP contribution in [0.4, 0.5) is 0 Å². The highest BCUT2D eigenvalue weighted by Crippen LogP contribution is 2.20. The maximum Gasteiger partial charge on any atom is 0.243 e. The number of benzene rings is 1. The van der Waals surface area contributed by atoms with E-state index in [1.165, 1.54) is 0 Å². The van der Waals surface area contributed by atoms with Crippen LogP contribution in [0.5, 0.6) is 0 Å². The minimum Gasteiger partial charge on any atom is -0.389 e. The predicted molar refractivity (Wildman–Crippen MR) is 82.5 cm³/mol. The van der Waals surface area contributed by atoms with Crippen molar-refractivity contribution in [2.24, 2.45) is 0 Å². The summed E-state index contributed by atoms with van der Waals surface area (Å²) in [4.78, 5) is 2.58. The van der Waals surface area contributed by atoms with Gasteiger partial charge in [-0.2, -0.15) is 4.31 Å². The van der Waals surface area contributed by atoms with Gasteiger partial charge in [0.1, 0.15) is 0 Å². The highest BCUT2D eigenvalue weighted by molar-refractivity contribution is 7.89. The fraction of sp³-hybridized carbons (Fsp3) is 0.600. The van der Waals surface area contributed by atoms with Crippen LogP contribution in [0.3, 0.4) is 0 Å². The topological polar surface area (TPSA) is 60.9 Å². The number of rotatable bonds is 4. The van der Waals surface area contributed by atoms with Crippen molar-refractivity contribution in [1.29, 1.82) is 0 Å². The lowest BCUT2D eigenvalue weighted by atomic mass is 10.1. The summed E-state index contributed by atoms with van der Waals surface area (Å²) in [6, 6.07) is 6.93. The Morgan fingerprint density at radius 2 is 1.52 bits per heavy atom. The van der Waals surface area contributed by atoms with Crippen molar-refractivity contribution >= 4 is 10.0 Å². The first-order valence-electron chi connectivity index (χ1n) is 7.34. The Morgan fingerprint density at radius 1 is 1.00 bits per heavy atom. The fourth-order valence-corrected chi connectivity index (χ4v) is 3.95. The molecule has 2 rings (SSSR count). The van der Waals surface area contributed by atoms with Crippen LogP contribution in [0.15, 0.2) is 29.2 Å². The van der Waals surface area contributed by atoms with Crippen molar-refractivity contribution in [3.63, 3.8) is 0 Å². The van der Waals surface area contributed by atoms with Crippen LogP contribution in [-0.2, 0) is 10.0 Å². The van der Waals surface area contributed by atoms with Crippen molar-refractivity contribution < 1.29 is 13.5 Å². The molecule has 0 aromatic heterocycles. The molecule has 1 saturated heterocycles. The minimum absolute atomic E-state index is 0.296. The van der Waals surface area contributed by atoms with Gasteiger partial charge in [0.15, 0.2) is 0 Å². The van der Waals surface area contributed by atoms with Crippen LogP contribution in [0.2, 0.25) is 0 Å². The molecule has 5 nitrogen and oxygen atoms in total. The summed E-state index contributed by atoms with van der Waals surface area (Å²) in [7, 11) is -3.43. The summed E-state index contributed by atoms with van der Waals surface area (Å²) >= 11 is 0. The van der Waals surface area contributed by atoms with E-state index in [2.05, 4.69) is 18.7 Å². The summed E-state index contributed by atoms with van der Waals surface area (Å²) in [5.74, 6) is 0. The number of aliphatic hydroxyl groups excluding tert-OH is 1. The molecule has 0 radical (unpaired) electrons. The molecule has 1 unspecified atom stereocenters. The van der Waals surface area contributed by atoms with Gasteiger partial charge in [0.05, 0.1) is 11.0 Å². The van der Waals surface area contributed by atoms with E-state index < -0.39 is 16.1 Å².